The molecule has 0 radical (unpaired) electrons. The van der Waals surface area contributed by atoms with Crippen LogP contribution in [0.15, 0.2) is 0 Å². The first-order valence-corrected chi connectivity index (χ1v) is 7.86. The molecule has 4 nitrogen and oxygen atoms in total. The molecule has 0 bridgehead atoms. The van der Waals surface area contributed by atoms with Crippen LogP contribution in [-0.4, -0.2) is 22.2 Å². The summed E-state index contributed by atoms with van der Waals surface area (Å²) >= 11 is 0. The molecule has 0 aliphatic rings. The highest BCUT2D eigenvalue weighted by Gasteiger charge is 2.35. The molecule has 0 rings (SSSR count). The van der Waals surface area contributed by atoms with Crippen molar-refractivity contribution >= 4 is 11.9 Å². The van der Waals surface area contributed by atoms with Gasteiger partial charge in [0.15, 0.2) is 0 Å². The Labute approximate surface area is 122 Å². The van der Waals surface area contributed by atoms with E-state index in [2.05, 4.69) is 0 Å². The molecule has 2 unspecified atom stereocenters. The summed E-state index contributed by atoms with van der Waals surface area (Å²) in [6.45, 7) is 8.13. The van der Waals surface area contributed by atoms with Crippen LogP contribution >= 0.6 is 0 Å². The summed E-state index contributed by atoms with van der Waals surface area (Å²) in [5.41, 5.74) is 0. The van der Waals surface area contributed by atoms with Crippen molar-refractivity contribution in [3.05, 3.63) is 0 Å². The topological polar surface area (TPSA) is 74.6 Å². The Kier molecular flexibility index (Phi) is 9.26. The number of carboxylic acids is 2. The molecule has 2 atom stereocenters. The van der Waals surface area contributed by atoms with E-state index in [0.717, 1.165) is 25.7 Å². The standard InChI is InChI=1S/C16H30O4/c1-5-11(6-2)9-13(15(17)18)14(16(19)20)10-12(7-3)8-4/h11-14H,5-10H2,1-4H3,(H,17,18)(H,19,20). The van der Waals surface area contributed by atoms with Crippen molar-refractivity contribution in [2.45, 2.75) is 66.2 Å². The minimum atomic E-state index is -0.963. The predicted octanol–water partition coefficient (Wildman–Crippen LogP) is 4.04. The Morgan fingerprint density at radius 3 is 1.10 bits per heavy atom. The Hall–Kier alpha value is -1.06. The third-order valence-electron chi connectivity index (χ3n) is 4.60. The van der Waals surface area contributed by atoms with Gasteiger partial charge >= 0.3 is 11.9 Å². The van der Waals surface area contributed by atoms with E-state index in [4.69, 9.17) is 0 Å². The Morgan fingerprint density at radius 1 is 0.700 bits per heavy atom. The molecule has 0 aromatic rings. The highest BCUT2D eigenvalue weighted by atomic mass is 16.4. The van der Waals surface area contributed by atoms with Gasteiger partial charge in [-0.2, -0.15) is 0 Å². The van der Waals surface area contributed by atoms with E-state index in [0.29, 0.717) is 24.7 Å². The number of hydrogen-bond acceptors (Lipinski definition) is 2. The highest BCUT2D eigenvalue weighted by Crippen LogP contribution is 2.31. The first kappa shape index (κ1) is 18.9. The van der Waals surface area contributed by atoms with Crippen molar-refractivity contribution in [3.63, 3.8) is 0 Å². The average Bonchev–Trinajstić information content (AvgIpc) is 2.42. The zero-order valence-corrected chi connectivity index (χ0v) is 13.3. The molecule has 0 aliphatic heterocycles. The van der Waals surface area contributed by atoms with Gasteiger partial charge in [-0.3, -0.25) is 9.59 Å². The van der Waals surface area contributed by atoms with Gasteiger partial charge in [0, 0.05) is 0 Å². The van der Waals surface area contributed by atoms with Gasteiger partial charge in [-0.25, -0.2) is 0 Å². The van der Waals surface area contributed by atoms with E-state index in [-0.39, 0.29) is 0 Å². The van der Waals surface area contributed by atoms with Gasteiger partial charge in [0.25, 0.3) is 0 Å². The molecule has 0 heterocycles. The monoisotopic (exact) mass is 286 g/mol. The number of hydrogen-bond donors (Lipinski definition) is 2. The molecule has 4 heteroatoms. The van der Waals surface area contributed by atoms with Crippen molar-refractivity contribution < 1.29 is 19.8 Å². The van der Waals surface area contributed by atoms with Crippen LogP contribution in [-0.2, 0) is 9.59 Å². The normalized spacial score (nSPS) is 14.5. The second kappa shape index (κ2) is 9.78. The fraction of sp³-hybridized carbons (Fsp3) is 0.875. The maximum atomic E-state index is 11.5. The molecule has 20 heavy (non-hydrogen) atoms. The summed E-state index contributed by atoms with van der Waals surface area (Å²) in [5.74, 6) is -2.87. The zero-order valence-electron chi connectivity index (χ0n) is 13.3. The maximum absolute atomic E-state index is 11.5. The SMILES string of the molecule is CCC(CC)CC(C(=O)O)C(CC(CC)CC)C(=O)O. The van der Waals surface area contributed by atoms with Gasteiger partial charge in [-0.05, 0) is 24.7 Å². The predicted molar refractivity (Wildman–Crippen MR) is 79.6 cm³/mol. The second-order valence-corrected chi connectivity index (χ2v) is 5.73. The van der Waals surface area contributed by atoms with Crippen LogP contribution in [0.1, 0.15) is 66.2 Å². The first-order valence-electron chi connectivity index (χ1n) is 7.86. The van der Waals surface area contributed by atoms with Gasteiger partial charge in [-0.15, -0.1) is 0 Å². The third kappa shape index (κ3) is 5.93. The van der Waals surface area contributed by atoms with Crippen molar-refractivity contribution in [3.8, 4) is 0 Å². The molecule has 2 N–H and O–H groups in total. The minimum absolute atomic E-state index is 0.291. The summed E-state index contributed by atoms with van der Waals surface area (Å²) in [7, 11) is 0. The Bertz CT molecular complexity index is 263. The molecular weight excluding hydrogens is 256 g/mol. The van der Waals surface area contributed by atoms with E-state index < -0.39 is 23.8 Å². The molecule has 0 aromatic carbocycles. The van der Waals surface area contributed by atoms with Gasteiger partial charge < -0.3 is 10.2 Å². The fourth-order valence-corrected chi connectivity index (χ4v) is 2.84. The quantitative estimate of drug-likeness (QED) is 0.601. The summed E-state index contributed by atoms with van der Waals surface area (Å²) in [6, 6.07) is 0. The van der Waals surface area contributed by atoms with Crippen LogP contribution in [0.2, 0.25) is 0 Å². The molecule has 0 fully saturated rings. The van der Waals surface area contributed by atoms with Crippen LogP contribution in [0.4, 0.5) is 0 Å². The zero-order chi connectivity index (χ0) is 15.7. The molecule has 118 valence electrons. The molecule has 0 saturated carbocycles. The second-order valence-electron chi connectivity index (χ2n) is 5.73. The van der Waals surface area contributed by atoms with Crippen molar-refractivity contribution in [2.75, 3.05) is 0 Å². The van der Waals surface area contributed by atoms with Gasteiger partial charge in [0.05, 0.1) is 11.8 Å². The van der Waals surface area contributed by atoms with Crippen LogP contribution in [0.25, 0.3) is 0 Å². The average molecular weight is 286 g/mol. The minimum Gasteiger partial charge on any atom is -0.481 e. The number of carboxylic acid groups (broad SMARTS) is 2. The maximum Gasteiger partial charge on any atom is 0.307 e. The van der Waals surface area contributed by atoms with Crippen molar-refractivity contribution in [1.29, 1.82) is 0 Å². The summed E-state index contributed by atoms with van der Waals surface area (Å²) < 4.78 is 0. The Morgan fingerprint density at radius 2 is 0.950 bits per heavy atom. The molecule has 0 spiro atoms. The largest absolute Gasteiger partial charge is 0.481 e. The van der Waals surface area contributed by atoms with Gasteiger partial charge in [0.2, 0.25) is 0 Å². The van der Waals surface area contributed by atoms with Gasteiger partial charge in [0.1, 0.15) is 0 Å². The smallest absolute Gasteiger partial charge is 0.307 e. The summed E-state index contributed by atoms with van der Waals surface area (Å²) in [4.78, 5) is 23.0. The van der Waals surface area contributed by atoms with E-state index in [9.17, 15) is 19.8 Å². The molecule has 0 aliphatic carbocycles. The number of carbonyl (C=O) groups is 2. The van der Waals surface area contributed by atoms with Crippen molar-refractivity contribution in [1.82, 2.24) is 0 Å². The lowest BCUT2D eigenvalue weighted by molar-refractivity contribution is -0.155. The fourth-order valence-electron chi connectivity index (χ4n) is 2.84. The first-order chi connectivity index (χ1) is 9.40. The molecular formula is C16H30O4. The molecule has 0 saturated heterocycles. The summed E-state index contributed by atoms with van der Waals surface area (Å²) in [5, 5.41) is 18.9. The van der Waals surface area contributed by atoms with E-state index in [1.807, 2.05) is 27.7 Å². The highest BCUT2D eigenvalue weighted by molar-refractivity contribution is 5.80. The van der Waals surface area contributed by atoms with Crippen molar-refractivity contribution in [2.24, 2.45) is 23.7 Å². The lowest BCUT2D eigenvalue weighted by Crippen LogP contribution is -2.33. The summed E-state index contributed by atoms with van der Waals surface area (Å²) in [6.07, 6.45) is 4.54. The lowest BCUT2D eigenvalue weighted by atomic mass is 9.77. The molecule has 0 aromatic heterocycles. The van der Waals surface area contributed by atoms with Crippen LogP contribution < -0.4 is 0 Å². The van der Waals surface area contributed by atoms with E-state index in [1.54, 1.807) is 0 Å². The third-order valence-corrected chi connectivity index (χ3v) is 4.60. The van der Waals surface area contributed by atoms with Gasteiger partial charge in [-0.1, -0.05) is 53.4 Å². The Balaban J connectivity index is 5.04. The van der Waals surface area contributed by atoms with E-state index in [1.165, 1.54) is 0 Å². The number of rotatable bonds is 11. The number of aliphatic carboxylic acids is 2. The van der Waals surface area contributed by atoms with Crippen LogP contribution in [0.3, 0.4) is 0 Å². The van der Waals surface area contributed by atoms with Crippen LogP contribution in [0, 0.1) is 23.7 Å². The lowest BCUT2D eigenvalue weighted by Gasteiger charge is -2.26. The molecule has 0 amide bonds. The van der Waals surface area contributed by atoms with Crippen LogP contribution in [0.5, 0.6) is 0 Å². The van der Waals surface area contributed by atoms with E-state index >= 15 is 0 Å².